The van der Waals surface area contributed by atoms with Crippen LogP contribution in [0.1, 0.15) is 37.7 Å². The molecule has 1 fully saturated rings. The lowest BCUT2D eigenvalue weighted by molar-refractivity contribution is -0.141. The van der Waals surface area contributed by atoms with E-state index in [1.165, 1.54) is 0 Å². The van der Waals surface area contributed by atoms with Crippen molar-refractivity contribution in [2.24, 2.45) is 5.92 Å². The standard InChI is InChI=1S/C18H25NO4/c20-17(10-9-16-8-4-5-11-23-16)19-13-15(18(21)22)12-14-6-2-1-3-7-14/h1-3,6-7,15-16H,4-5,8-13H2,(H,19,20)(H,21,22)/t15-,16+/m0/s1. The molecule has 5 nitrogen and oxygen atoms in total. The van der Waals surface area contributed by atoms with E-state index >= 15 is 0 Å². The van der Waals surface area contributed by atoms with Gasteiger partial charge in [-0.15, -0.1) is 0 Å². The summed E-state index contributed by atoms with van der Waals surface area (Å²) >= 11 is 0. The molecule has 0 spiro atoms. The smallest absolute Gasteiger partial charge is 0.308 e. The third-order valence-electron chi connectivity index (χ3n) is 4.19. The van der Waals surface area contributed by atoms with Crippen LogP contribution in [0.15, 0.2) is 30.3 Å². The van der Waals surface area contributed by atoms with Crippen molar-refractivity contribution in [2.75, 3.05) is 13.2 Å². The van der Waals surface area contributed by atoms with Crippen LogP contribution in [0, 0.1) is 5.92 Å². The summed E-state index contributed by atoms with van der Waals surface area (Å²) in [6.07, 6.45) is 4.97. The van der Waals surface area contributed by atoms with Gasteiger partial charge in [0.25, 0.3) is 0 Å². The van der Waals surface area contributed by atoms with Crippen molar-refractivity contribution < 1.29 is 19.4 Å². The van der Waals surface area contributed by atoms with Crippen molar-refractivity contribution in [1.82, 2.24) is 5.32 Å². The quantitative estimate of drug-likeness (QED) is 0.771. The van der Waals surface area contributed by atoms with Gasteiger partial charge in [0.05, 0.1) is 12.0 Å². The van der Waals surface area contributed by atoms with Crippen LogP contribution < -0.4 is 5.32 Å². The molecule has 1 aliphatic heterocycles. The molecule has 0 unspecified atom stereocenters. The predicted octanol–water partition coefficient (Wildman–Crippen LogP) is 2.40. The number of amides is 1. The van der Waals surface area contributed by atoms with Crippen LogP contribution in [0.25, 0.3) is 0 Å². The van der Waals surface area contributed by atoms with Gasteiger partial charge in [0, 0.05) is 19.6 Å². The molecule has 1 saturated heterocycles. The Morgan fingerprint density at radius 3 is 2.70 bits per heavy atom. The lowest BCUT2D eigenvalue weighted by atomic mass is 9.99. The maximum Gasteiger partial charge on any atom is 0.308 e. The van der Waals surface area contributed by atoms with Crippen LogP contribution in [-0.2, 0) is 20.7 Å². The van der Waals surface area contributed by atoms with E-state index in [2.05, 4.69) is 5.32 Å². The molecule has 1 amide bonds. The minimum Gasteiger partial charge on any atom is -0.481 e. The van der Waals surface area contributed by atoms with Crippen LogP contribution in [-0.4, -0.2) is 36.2 Å². The highest BCUT2D eigenvalue weighted by Gasteiger charge is 2.20. The third kappa shape index (κ3) is 6.40. The monoisotopic (exact) mass is 319 g/mol. The van der Waals surface area contributed by atoms with Crippen molar-refractivity contribution in [3.05, 3.63) is 35.9 Å². The lowest BCUT2D eigenvalue weighted by Gasteiger charge is -2.22. The van der Waals surface area contributed by atoms with Gasteiger partial charge in [0.2, 0.25) is 5.91 Å². The van der Waals surface area contributed by atoms with Crippen LogP contribution in [0.3, 0.4) is 0 Å². The number of hydrogen-bond donors (Lipinski definition) is 2. The molecule has 0 radical (unpaired) electrons. The summed E-state index contributed by atoms with van der Waals surface area (Å²) in [5.41, 5.74) is 0.963. The van der Waals surface area contributed by atoms with E-state index in [1.807, 2.05) is 30.3 Å². The summed E-state index contributed by atoms with van der Waals surface area (Å²) in [5, 5.41) is 12.1. The number of rotatable bonds is 8. The molecule has 23 heavy (non-hydrogen) atoms. The van der Waals surface area contributed by atoms with E-state index in [9.17, 15) is 14.7 Å². The number of carbonyl (C=O) groups excluding carboxylic acids is 1. The average Bonchev–Trinajstić information content (AvgIpc) is 2.58. The molecular formula is C18H25NO4. The van der Waals surface area contributed by atoms with Crippen molar-refractivity contribution in [3.63, 3.8) is 0 Å². The number of carboxylic acids is 1. The third-order valence-corrected chi connectivity index (χ3v) is 4.19. The molecule has 2 rings (SSSR count). The number of hydrogen-bond acceptors (Lipinski definition) is 3. The number of ether oxygens (including phenoxy) is 1. The highest BCUT2D eigenvalue weighted by molar-refractivity contribution is 5.77. The Bertz CT molecular complexity index is 497. The summed E-state index contributed by atoms with van der Waals surface area (Å²) in [6, 6.07) is 9.47. The molecule has 0 saturated carbocycles. The highest BCUT2D eigenvalue weighted by Crippen LogP contribution is 2.17. The maximum absolute atomic E-state index is 11.9. The van der Waals surface area contributed by atoms with Gasteiger partial charge in [0.1, 0.15) is 0 Å². The fourth-order valence-corrected chi connectivity index (χ4v) is 2.80. The SMILES string of the molecule is O=C(CC[C@H]1CCCCO1)NC[C@H](Cc1ccccc1)C(=O)O. The molecule has 1 heterocycles. The number of nitrogens with one attached hydrogen (secondary N) is 1. The van der Waals surface area contributed by atoms with Crippen LogP contribution in [0.4, 0.5) is 0 Å². The summed E-state index contributed by atoms with van der Waals surface area (Å²) in [7, 11) is 0. The Morgan fingerprint density at radius 1 is 1.26 bits per heavy atom. The van der Waals surface area contributed by atoms with Crippen LogP contribution >= 0.6 is 0 Å². The van der Waals surface area contributed by atoms with E-state index in [-0.39, 0.29) is 18.6 Å². The summed E-state index contributed by atoms with van der Waals surface area (Å²) in [4.78, 5) is 23.3. The topological polar surface area (TPSA) is 75.6 Å². The molecule has 1 aromatic rings. The maximum atomic E-state index is 11.9. The molecule has 2 N–H and O–H groups in total. The minimum atomic E-state index is -0.884. The van der Waals surface area contributed by atoms with E-state index in [4.69, 9.17) is 4.74 Å². The zero-order valence-electron chi connectivity index (χ0n) is 13.4. The summed E-state index contributed by atoms with van der Waals surface area (Å²) in [5.74, 6) is -1.59. The first-order valence-corrected chi connectivity index (χ1v) is 8.30. The van der Waals surface area contributed by atoms with Gasteiger partial charge in [-0.05, 0) is 37.7 Å². The number of carbonyl (C=O) groups is 2. The Hall–Kier alpha value is -1.88. The number of benzene rings is 1. The molecule has 0 bridgehead atoms. The predicted molar refractivity (Wildman–Crippen MR) is 87.1 cm³/mol. The Morgan fingerprint density at radius 2 is 2.04 bits per heavy atom. The van der Waals surface area contributed by atoms with Crippen molar-refractivity contribution in [2.45, 2.75) is 44.6 Å². The largest absolute Gasteiger partial charge is 0.481 e. The molecule has 1 aromatic carbocycles. The van der Waals surface area contributed by atoms with Gasteiger partial charge in [-0.1, -0.05) is 30.3 Å². The zero-order valence-corrected chi connectivity index (χ0v) is 13.4. The van der Waals surface area contributed by atoms with E-state index in [0.717, 1.165) is 31.4 Å². The van der Waals surface area contributed by atoms with Gasteiger partial charge in [0.15, 0.2) is 0 Å². The zero-order chi connectivity index (χ0) is 16.5. The normalized spacial score (nSPS) is 19.0. The van der Waals surface area contributed by atoms with E-state index in [1.54, 1.807) is 0 Å². The molecule has 1 aliphatic rings. The fourth-order valence-electron chi connectivity index (χ4n) is 2.80. The Balaban J connectivity index is 1.72. The second kappa shape index (κ2) is 9.30. The molecule has 2 atom stereocenters. The second-order valence-corrected chi connectivity index (χ2v) is 6.06. The molecular weight excluding hydrogens is 294 g/mol. The second-order valence-electron chi connectivity index (χ2n) is 6.06. The lowest BCUT2D eigenvalue weighted by Crippen LogP contribution is -2.34. The van der Waals surface area contributed by atoms with Gasteiger partial charge in [-0.25, -0.2) is 0 Å². The molecule has 0 aliphatic carbocycles. The first-order valence-electron chi connectivity index (χ1n) is 8.30. The van der Waals surface area contributed by atoms with Crippen molar-refractivity contribution in [1.29, 1.82) is 0 Å². The van der Waals surface area contributed by atoms with Gasteiger partial charge in [-0.2, -0.15) is 0 Å². The molecule has 0 aromatic heterocycles. The first-order chi connectivity index (χ1) is 11.1. The fraction of sp³-hybridized carbons (Fsp3) is 0.556. The van der Waals surface area contributed by atoms with Gasteiger partial charge in [-0.3, -0.25) is 9.59 Å². The highest BCUT2D eigenvalue weighted by atomic mass is 16.5. The van der Waals surface area contributed by atoms with Crippen molar-refractivity contribution in [3.8, 4) is 0 Å². The van der Waals surface area contributed by atoms with Gasteiger partial charge >= 0.3 is 5.97 Å². The number of carboxylic acid groups (broad SMARTS) is 1. The first kappa shape index (κ1) is 17.5. The molecule has 126 valence electrons. The molecule has 5 heteroatoms. The van der Waals surface area contributed by atoms with E-state index in [0.29, 0.717) is 19.3 Å². The Kier molecular flexibility index (Phi) is 7.07. The van der Waals surface area contributed by atoms with Crippen LogP contribution in [0.2, 0.25) is 0 Å². The summed E-state index contributed by atoms with van der Waals surface area (Å²) in [6.45, 7) is 0.943. The van der Waals surface area contributed by atoms with E-state index < -0.39 is 11.9 Å². The summed E-state index contributed by atoms with van der Waals surface area (Å²) < 4.78 is 5.60. The minimum absolute atomic E-state index is 0.0986. The number of aliphatic carboxylic acids is 1. The van der Waals surface area contributed by atoms with Gasteiger partial charge < -0.3 is 15.2 Å². The average molecular weight is 319 g/mol. The van der Waals surface area contributed by atoms with Crippen LogP contribution in [0.5, 0.6) is 0 Å². The van der Waals surface area contributed by atoms with Crippen molar-refractivity contribution >= 4 is 11.9 Å². The Labute approximate surface area is 137 Å².